The number of benzene rings is 1. The van der Waals surface area contributed by atoms with E-state index >= 15 is 0 Å². The summed E-state index contributed by atoms with van der Waals surface area (Å²) < 4.78 is 0. The third-order valence-electron chi connectivity index (χ3n) is 6.90. The SMILES string of the molecule is CCCCCCCCCCCCCCCCC[CH]c1ccc(C(C)(C)C)cc1C(C)(C)C. The monoisotopic (exact) mass is 441 g/mol. The first-order valence-electron chi connectivity index (χ1n) is 14.1. The Kier molecular flexibility index (Phi) is 14.6. The van der Waals surface area contributed by atoms with Gasteiger partial charge in [0.2, 0.25) is 0 Å². The summed E-state index contributed by atoms with van der Waals surface area (Å²) in [6, 6.07) is 7.16. The highest BCUT2D eigenvalue weighted by Gasteiger charge is 2.21. The van der Waals surface area contributed by atoms with Gasteiger partial charge in [0.25, 0.3) is 0 Å². The van der Waals surface area contributed by atoms with E-state index in [1.165, 1.54) is 119 Å². The van der Waals surface area contributed by atoms with Crippen molar-refractivity contribution in [1.82, 2.24) is 0 Å². The van der Waals surface area contributed by atoms with Crippen LogP contribution in [-0.2, 0) is 10.8 Å². The minimum atomic E-state index is 0.197. The largest absolute Gasteiger partial charge is 0.0654 e. The lowest BCUT2D eigenvalue weighted by molar-refractivity contribution is 0.532. The van der Waals surface area contributed by atoms with Crippen LogP contribution in [0.5, 0.6) is 0 Å². The van der Waals surface area contributed by atoms with Crippen molar-refractivity contribution in [3.05, 3.63) is 41.3 Å². The summed E-state index contributed by atoms with van der Waals surface area (Å²) in [7, 11) is 0. The van der Waals surface area contributed by atoms with Crippen molar-refractivity contribution in [2.75, 3.05) is 0 Å². The molecule has 1 aromatic rings. The molecule has 0 spiro atoms. The summed E-state index contributed by atoms with van der Waals surface area (Å²) in [6.07, 6.45) is 25.2. The minimum absolute atomic E-state index is 0.197. The Bertz CT molecular complexity index is 581. The van der Waals surface area contributed by atoms with E-state index in [9.17, 15) is 0 Å². The van der Waals surface area contributed by atoms with Crippen molar-refractivity contribution in [2.45, 2.75) is 162 Å². The normalized spacial score (nSPS) is 12.5. The summed E-state index contributed by atoms with van der Waals surface area (Å²) in [5.41, 5.74) is 4.82. The molecule has 0 heteroatoms. The average Bonchev–Trinajstić information content (AvgIpc) is 2.72. The second kappa shape index (κ2) is 16.0. The number of hydrogen-bond donors (Lipinski definition) is 0. The highest BCUT2D eigenvalue weighted by atomic mass is 14.3. The maximum Gasteiger partial charge on any atom is -0.00900 e. The van der Waals surface area contributed by atoms with E-state index in [-0.39, 0.29) is 10.8 Å². The Labute approximate surface area is 203 Å². The van der Waals surface area contributed by atoms with Gasteiger partial charge in [-0.05, 0) is 40.4 Å². The predicted molar refractivity (Wildman–Crippen MR) is 147 cm³/mol. The number of rotatable bonds is 17. The van der Waals surface area contributed by atoms with Gasteiger partial charge in [-0.2, -0.15) is 0 Å². The topological polar surface area (TPSA) is 0 Å². The van der Waals surface area contributed by atoms with Crippen LogP contribution in [0.25, 0.3) is 0 Å². The van der Waals surface area contributed by atoms with E-state index in [0.717, 1.165) is 0 Å². The van der Waals surface area contributed by atoms with Crippen LogP contribution < -0.4 is 0 Å². The van der Waals surface area contributed by atoms with Gasteiger partial charge in [0, 0.05) is 0 Å². The summed E-state index contributed by atoms with van der Waals surface area (Å²) >= 11 is 0. The molecule has 0 bridgehead atoms. The van der Waals surface area contributed by atoms with Crippen molar-refractivity contribution in [2.24, 2.45) is 0 Å². The zero-order valence-electron chi connectivity index (χ0n) is 23.1. The lowest BCUT2D eigenvalue weighted by atomic mass is 9.77. The van der Waals surface area contributed by atoms with Gasteiger partial charge in [-0.25, -0.2) is 0 Å². The molecule has 0 heterocycles. The van der Waals surface area contributed by atoms with Gasteiger partial charge in [0.05, 0.1) is 0 Å². The van der Waals surface area contributed by atoms with Crippen molar-refractivity contribution < 1.29 is 0 Å². The van der Waals surface area contributed by atoms with E-state index in [2.05, 4.69) is 73.1 Å². The predicted octanol–water partition coefficient (Wildman–Crippen LogP) is 11.1. The van der Waals surface area contributed by atoms with Crippen molar-refractivity contribution in [1.29, 1.82) is 0 Å². The van der Waals surface area contributed by atoms with Crippen molar-refractivity contribution in [3.63, 3.8) is 0 Å². The van der Waals surface area contributed by atoms with Gasteiger partial charge in [-0.1, -0.05) is 163 Å². The Morgan fingerprint density at radius 1 is 0.562 bits per heavy atom. The standard InChI is InChI=1S/C32H57/c1-8-9-10-11-12-13-14-15-16-17-18-19-20-21-22-23-24-28-25-26-29(31(2,3)4)27-30(28)32(5,6)7/h24-27H,8-23H2,1-7H3. The van der Waals surface area contributed by atoms with Crippen LogP contribution in [0.4, 0.5) is 0 Å². The van der Waals surface area contributed by atoms with Gasteiger partial charge < -0.3 is 0 Å². The first kappa shape index (κ1) is 29.3. The highest BCUT2D eigenvalue weighted by Crippen LogP contribution is 2.32. The fourth-order valence-corrected chi connectivity index (χ4v) is 4.62. The van der Waals surface area contributed by atoms with Gasteiger partial charge in [-0.3, -0.25) is 0 Å². The Morgan fingerprint density at radius 2 is 1.00 bits per heavy atom. The quantitative estimate of drug-likeness (QED) is 0.211. The van der Waals surface area contributed by atoms with Crippen LogP contribution in [0.3, 0.4) is 0 Å². The summed E-state index contributed by atoms with van der Waals surface area (Å²) in [4.78, 5) is 0. The van der Waals surface area contributed by atoms with Gasteiger partial charge in [-0.15, -0.1) is 0 Å². The molecule has 0 saturated heterocycles. The van der Waals surface area contributed by atoms with E-state index in [1.807, 2.05) is 0 Å². The zero-order chi connectivity index (χ0) is 23.9. The van der Waals surface area contributed by atoms with E-state index in [1.54, 1.807) is 0 Å². The van der Waals surface area contributed by atoms with Gasteiger partial charge >= 0.3 is 0 Å². The molecule has 0 aliphatic carbocycles. The van der Waals surface area contributed by atoms with Crippen LogP contribution in [0.1, 0.15) is 168 Å². The Hall–Kier alpha value is -0.780. The van der Waals surface area contributed by atoms with Crippen LogP contribution in [0, 0.1) is 6.42 Å². The number of hydrogen-bond acceptors (Lipinski definition) is 0. The smallest absolute Gasteiger partial charge is 0.00900 e. The van der Waals surface area contributed by atoms with E-state index in [0.29, 0.717) is 0 Å². The maximum atomic E-state index is 2.50. The second-order valence-corrected chi connectivity index (χ2v) is 12.2. The van der Waals surface area contributed by atoms with Crippen LogP contribution in [-0.4, -0.2) is 0 Å². The Balaban J connectivity index is 2.11. The molecule has 0 saturated carbocycles. The molecule has 1 aromatic carbocycles. The summed E-state index contributed by atoms with van der Waals surface area (Å²) in [5, 5.41) is 0. The molecule has 0 aliphatic heterocycles. The molecule has 32 heavy (non-hydrogen) atoms. The molecule has 0 unspecified atom stereocenters. The fourth-order valence-electron chi connectivity index (χ4n) is 4.62. The fraction of sp³-hybridized carbons (Fsp3) is 0.781. The molecule has 1 rings (SSSR count). The molecule has 0 amide bonds. The lowest BCUT2D eigenvalue weighted by Gasteiger charge is -2.27. The van der Waals surface area contributed by atoms with Gasteiger partial charge in [0.1, 0.15) is 0 Å². The van der Waals surface area contributed by atoms with Crippen LogP contribution in [0.2, 0.25) is 0 Å². The molecular weight excluding hydrogens is 384 g/mol. The van der Waals surface area contributed by atoms with Crippen LogP contribution in [0.15, 0.2) is 18.2 Å². The highest BCUT2D eigenvalue weighted by molar-refractivity contribution is 5.42. The van der Waals surface area contributed by atoms with Crippen LogP contribution >= 0.6 is 0 Å². The molecule has 0 aliphatic rings. The summed E-state index contributed by atoms with van der Waals surface area (Å²) in [6.45, 7) is 16.3. The molecule has 0 atom stereocenters. The summed E-state index contributed by atoms with van der Waals surface area (Å²) in [5.74, 6) is 0. The number of unbranched alkanes of at least 4 members (excludes halogenated alkanes) is 15. The third-order valence-corrected chi connectivity index (χ3v) is 6.90. The zero-order valence-corrected chi connectivity index (χ0v) is 23.1. The molecule has 0 nitrogen and oxygen atoms in total. The van der Waals surface area contributed by atoms with E-state index in [4.69, 9.17) is 0 Å². The van der Waals surface area contributed by atoms with Gasteiger partial charge in [0.15, 0.2) is 0 Å². The first-order chi connectivity index (χ1) is 15.2. The average molecular weight is 442 g/mol. The minimum Gasteiger partial charge on any atom is -0.0654 e. The molecule has 0 N–H and O–H groups in total. The maximum absolute atomic E-state index is 2.50. The second-order valence-electron chi connectivity index (χ2n) is 12.2. The molecule has 185 valence electrons. The Morgan fingerprint density at radius 3 is 1.41 bits per heavy atom. The molecule has 0 aromatic heterocycles. The lowest BCUT2D eigenvalue weighted by Crippen LogP contribution is -2.18. The first-order valence-corrected chi connectivity index (χ1v) is 14.1. The molecule has 1 radical (unpaired) electrons. The van der Waals surface area contributed by atoms with Crippen molar-refractivity contribution in [3.8, 4) is 0 Å². The van der Waals surface area contributed by atoms with E-state index < -0.39 is 0 Å². The van der Waals surface area contributed by atoms with Crippen molar-refractivity contribution >= 4 is 0 Å². The third kappa shape index (κ3) is 13.1. The molecular formula is C32H57. The molecule has 0 fully saturated rings.